The number of esters is 2. The van der Waals surface area contributed by atoms with Crippen LogP contribution in [0, 0.1) is 11.3 Å². The SMILES string of the molecule is C=CC(C)(CC)C1CC(=O)OC1=O. The molecule has 0 aromatic rings. The molecule has 0 saturated carbocycles. The average molecular weight is 182 g/mol. The Balaban J connectivity index is 2.87. The van der Waals surface area contributed by atoms with E-state index in [0.717, 1.165) is 6.42 Å². The first-order chi connectivity index (χ1) is 6.03. The van der Waals surface area contributed by atoms with Gasteiger partial charge in [-0.1, -0.05) is 19.9 Å². The van der Waals surface area contributed by atoms with Crippen molar-refractivity contribution in [3.8, 4) is 0 Å². The fourth-order valence-electron chi connectivity index (χ4n) is 1.51. The summed E-state index contributed by atoms with van der Waals surface area (Å²) in [5.74, 6) is -1.17. The number of cyclic esters (lactones) is 2. The first kappa shape index (κ1) is 9.96. The van der Waals surface area contributed by atoms with Crippen LogP contribution in [0.3, 0.4) is 0 Å². The van der Waals surface area contributed by atoms with Crippen LogP contribution in [0.15, 0.2) is 12.7 Å². The largest absolute Gasteiger partial charge is 0.393 e. The second-order valence-corrected chi connectivity index (χ2v) is 3.61. The summed E-state index contributed by atoms with van der Waals surface area (Å²) in [6.45, 7) is 7.58. The van der Waals surface area contributed by atoms with Gasteiger partial charge in [0.1, 0.15) is 0 Å². The molecule has 0 amide bonds. The predicted octanol–water partition coefficient (Wildman–Crippen LogP) is 1.68. The van der Waals surface area contributed by atoms with Gasteiger partial charge in [-0.2, -0.15) is 0 Å². The molecule has 0 radical (unpaired) electrons. The van der Waals surface area contributed by atoms with Gasteiger partial charge in [0.2, 0.25) is 0 Å². The molecule has 1 aliphatic heterocycles. The van der Waals surface area contributed by atoms with Gasteiger partial charge in [0.05, 0.1) is 12.3 Å². The molecule has 0 aromatic carbocycles. The van der Waals surface area contributed by atoms with Crippen LogP contribution < -0.4 is 0 Å². The Bertz CT molecular complexity index is 257. The molecule has 1 fully saturated rings. The van der Waals surface area contributed by atoms with Gasteiger partial charge in [0.15, 0.2) is 0 Å². The van der Waals surface area contributed by atoms with Gasteiger partial charge < -0.3 is 4.74 Å². The Labute approximate surface area is 77.8 Å². The quantitative estimate of drug-likeness (QED) is 0.379. The first-order valence-corrected chi connectivity index (χ1v) is 4.41. The van der Waals surface area contributed by atoms with Crippen molar-refractivity contribution in [3.63, 3.8) is 0 Å². The molecule has 72 valence electrons. The van der Waals surface area contributed by atoms with Crippen LogP contribution >= 0.6 is 0 Å². The van der Waals surface area contributed by atoms with Crippen molar-refractivity contribution in [1.29, 1.82) is 0 Å². The van der Waals surface area contributed by atoms with Crippen LogP contribution in [0.2, 0.25) is 0 Å². The normalized spacial score (nSPS) is 26.8. The van der Waals surface area contributed by atoms with Crippen molar-refractivity contribution in [1.82, 2.24) is 0 Å². The summed E-state index contributed by atoms with van der Waals surface area (Å²) < 4.78 is 4.50. The Morgan fingerprint density at radius 2 is 2.31 bits per heavy atom. The van der Waals surface area contributed by atoms with E-state index < -0.39 is 11.9 Å². The molecule has 1 heterocycles. The van der Waals surface area contributed by atoms with Gasteiger partial charge in [-0.3, -0.25) is 9.59 Å². The first-order valence-electron chi connectivity index (χ1n) is 4.41. The maximum absolute atomic E-state index is 11.3. The average Bonchev–Trinajstić information content (AvgIpc) is 2.44. The second kappa shape index (κ2) is 3.32. The number of carbonyl (C=O) groups is 2. The van der Waals surface area contributed by atoms with E-state index in [9.17, 15) is 9.59 Å². The molecular weight excluding hydrogens is 168 g/mol. The monoisotopic (exact) mass is 182 g/mol. The van der Waals surface area contributed by atoms with Crippen LogP contribution in [0.1, 0.15) is 26.7 Å². The van der Waals surface area contributed by atoms with Crippen molar-refractivity contribution in [2.75, 3.05) is 0 Å². The van der Waals surface area contributed by atoms with E-state index in [1.807, 2.05) is 13.8 Å². The van der Waals surface area contributed by atoms with Gasteiger partial charge in [-0.15, -0.1) is 6.58 Å². The van der Waals surface area contributed by atoms with Gasteiger partial charge >= 0.3 is 11.9 Å². The molecule has 2 atom stereocenters. The highest BCUT2D eigenvalue weighted by molar-refractivity contribution is 5.95. The Morgan fingerprint density at radius 1 is 1.69 bits per heavy atom. The molecule has 0 bridgehead atoms. The maximum atomic E-state index is 11.3. The molecule has 3 nitrogen and oxygen atoms in total. The van der Waals surface area contributed by atoms with Gasteiger partial charge in [0.25, 0.3) is 0 Å². The standard InChI is InChI=1S/C10H14O3/c1-4-10(3,5-2)7-6-8(11)13-9(7)12/h4,7H,1,5-6H2,2-3H3. The van der Waals surface area contributed by atoms with E-state index in [-0.39, 0.29) is 17.8 Å². The highest BCUT2D eigenvalue weighted by atomic mass is 16.6. The minimum atomic E-state index is -0.420. The van der Waals surface area contributed by atoms with Crippen molar-refractivity contribution in [2.24, 2.45) is 11.3 Å². The zero-order valence-electron chi connectivity index (χ0n) is 8.00. The third kappa shape index (κ3) is 1.64. The van der Waals surface area contributed by atoms with E-state index in [4.69, 9.17) is 0 Å². The van der Waals surface area contributed by atoms with Crippen LogP contribution in [0.4, 0.5) is 0 Å². The molecular formula is C10H14O3. The molecule has 3 heteroatoms. The van der Waals surface area contributed by atoms with Crippen LogP contribution in [0.5, 0.6) is 0 Å². The molecule has 0 aromatic heterocycles. The zero-order valence-corrected chi connectivity index (χ0v) is 8.00. The molecule has 0 aliphatic carbocycles. The molecule has 0 spiro atoms. The van der Waals surface area contributed by atoms with Gasteiger partial charge in [-0.25, -0.2) is 0 Å². The molecule has 1 aliphatic rings. The third-order valence-electron chi connectivity index (χ3n) is 2.89. The third-order valence-corrected chi connectivity index (χ3v) is 2.89. The van der Waals surface area contributed by atoms with Crippen molar-refractivity contribution < 1.29 is 14.3 Å². The van der Waals surface area contributed by atoms with E-state index in [1.54, 1.807) is 6.08 Å². The number of ether oxygens (including phenoxy) is 1. The fraction of sp³-hybridized carbons (Fsp3) is 0.600. The zero-order chi connectivity index (χ0) is 10.1. The second-order valence-electron chi connectivity index (χ2n) is 3.61. The number of carbonyl (C=O) groups excluding carboxylic acids is 2. The smallest absolute Gasteiger partial charge is 0.318 e. The summed E-state index contributed by atoms with van der Waals surface area (Å²) >= 11 is 0. The lowest BCUT2D eigenvalue weighted by Gasteiger charge is -2.27. The molecule has 1 rings (SSSR count). The van der Waals surface area contributed by atoms with Crippen LogP contribution in [-0.2, 0) is 14.3 Å². The van der Waals surface area contributed by atoms with Crippen molar-refractivity contribution in [3.05, 3.63) is 12.7 Å². The van der Waals surface area contributed by atoms with E-state index in [1.165, 1.54) is 0 Å². The van der Waals surface area contributed by atoms with E-state index >= 15 is 0 Å². The molecule has 0 N–H and O–H groups in total. The Kier molecular flexibility index (Phi) is 2.55. The summed E-state index contributed by atoms with van der Waals surface area (Å²) in [5.41, 5.74) is -0.316. The lowest BCUT2D eigenvalue weighted by Crippen LogP contribution is -2.27. The number of allylic oxidation sites excluding steroid dienone is 1. The maximum Gasteiger partial charge on any atom is 0.318 e. The molecule has 2 unspecified atom stereocenters. The number of hydrogen-bond acceptors (Lipinski definition) is 3. The lowest BCUT2D eigenvalue weighted by molar-refractivity contribution is -0.154. The Hall–Kier alpha value is -1.12. The summed E-state index contributed by atoms with van der Waals surface area (Å²) in [6.07, 6.45) is 2.70. The topological polar surface area (TPSA) is 43.4 Å². The summed E-state index contributed by atoms with van der Waals surface area (Å²) in [7, 11) is 0. The summed E-state index contributed by atoms with van der Waals surface area (Å²) in [4.78, 5) is 22.1. The highest BCUT2D eigenvalue weighted by Gasteiger charge is 2.43. The summed E-state index contributed by atoms with van der Waals surface area (Å²) in [5, 5.41) is 0. The molecule has 1 saturated heterocycles. The lowest BCUT2D eigenvalue weighted by atomic mass is 9.74. The predicted molar refractivity (Wildman–Crippen MR) is 47.8 cm³/mol. The van der Waals surface area contributed by atoms with Crippen molar-refractivity contribution >= 4 is 11.9 Å². The van der Waals surface area contributed by atoms with E-state index in [0.29, 0.717) is 0 Å². The summed E-state index contributed by atoms with van der Waals surface area (Å²) in [6, 6.07) is 0. The number of hydrogen-bond donors (Lipinski definition) is 0. The van der Waals surface area contributed by atoms with Crippen LogP contribution in [0.25, 0.3) is 0 Å². The minimum absolute atomic E-state index is 0.190. The van der Waals surface area contributed by atoms with Crippen LogP contribution in [-0.4, -0.2) is 11.9 Å². The van der Waals surface area contributed by atoms with Crippen molar-refractivity contribution in [2.45, 2.75) is 26.7 Å². The minimum Gasteiger partial charge on any atom is -0.393 e. The highest BCUT2D eigenvalue weighted by Crippen LogP contribution is 2.38. The molecule has 13 heavy (non-hydrogen) atoms. The van der Waals surface area contributed by atoms with Gasteiger partial charge in [0, 0.05) is 0 Å². The number of rotatable bonds is 3. The Morgan fingerprint density at radius 3 is 2.62 bits per heavy atom. The van der Waals surface area contributed by atoms with E-state index in [2.05, 4.69) is 11.3 Å². The van der Waals surface area contributed by atoms with Gasteiger partial charge in [-0.05, 0) is 11.8 Å². The fourth-order valence-corrected chi connectivity index (χ4v) is 1.51.